The Morgan fingerprint density at radius 3 is 3.12 bits per heavy atom. The largest absolute Gasteiger partial charge is 0.353 e. The first kappa shape index (κ1) is 11.5. The van der Waals surface area contributed by atoms with E-state index in [-0.39, 0.29) is 5.91 Å². The van der Waals surface area contributed by atoms with Crippen molar-refractivity contribution < 1.29 is 4.79 Å². The van der Waals surface area contributed by atoms with Crippen molar-refractivity contribution in [3.8, 4) is 0 Å². The van der Waals surface area contributed by atoms with Crippen molar-refractivity contribution in [2.45, 2.75) is 38.1 Å². The summed E-state index contributed by atoms with van der Waals surface area (Å²) in [5, 5.41) is 6.01. The third kappa shape index (κ3) is 3.57. The van der Waals surface area contributed by atoms with E-state index in [0.717, 1.165) is 36.4 Å². The quantitative estimate of drug-likeness (QED) is 0.773. The lowest BCUT2D eigenvalue weighted by molar-refractivity contribution is -0.120. The van der Waals surface area contributed by atoms with Crippen LogP contribution in [0.4, 0.5) is 0 Å². The van der Waals surface area contributed by atoms with Crippen LogP contribution < -0.4 is 11.1 Å². The summed E-state index contributed by atoms with van der Waals surface area (Å²) in [4.78, 5) is 15.9. The van der Waals surface area contributed by atoms with Crippen molar-refractivity contribution in [2.24, 2.45) is 5.73 Å². The molecule has 0 saturated heterocycles. The van der Waals surface area contributed by atoms with E-state index < -0.39 is 0 Å². The molecule has 16 heavy (non-hydrogen) atoms. The van der Waals surface area contributed by atoms with Gasteiger partial charge < -0.3 is 11.1 Å². The summed E-state index contributed by atoms with van der Waals surface area (Å²) in [6, 6.07) is 0.433. The van der Waals surface area contributed by atoms with Crippen LogP contribution >= 0.6 is 11.3 Å². The molecule has 88 valence electrons. The van der Waals surface area contributed by atoms with Gasteiger partial charge in [-0.15, -0.1) is 11.3 Å². The second-order valence-electron chi connectivity index (χ2n) is 4.14. The maximum Gasteiger partial charge on any atom is 0.226 e. The summed E-state index contributed by atoms with van der Waals surface area (Å²) >= 11 is 1.62. The Kier molecular flexibility index (Phi) is 3.90. The fourth-order valence-corrected chi connectivity index (χ4v) is 2.31. The van der Waals surface area contributed by atoms with Crippen LogP contribution in [0, 0.1) is 0 Å². The average Bonchev–Trinajstić information content (AvgIpc) is 2.94. The summed E-state index contributed by atoms with van der Waals surface area (Å²) in [6.45, 7) is 0.692. The molecule has 1 saturated carbocycles. The minimum Gasteiger partial charge on any atom is -0.353 e. The normalized spacial score (nSPS) is 15.1. The second-order valence-corrected chi connectivity index (χ2v) is 5.09. The number of hydrogen-bond donors (Lipinski definition) is 2. The van der Waals surface area contributed by atoms with Gasteiger partial charge in [-0.3, -0.25) is 4.79 Å². The number of hydrogen-bond acceptors (Lipinski definition) is 4. The maximum absolute atomic E-state index is 11.5. The highest BCUT2D eigenvalue weighted by atomic mass is 32.1. The molecule has 1 amide bonds. The zero-order valence-corrected chi connectivity index (χ0v) is 10.1. The third-order valence-electron chi connectivity index (χ3n) is 2.48. The molecule has 0 radical (unpaired) electrons. The van der Waals surface area contributed by atoms with Crippen LogP contribution in [0.25, 0.3) is 0 Å². The van der Waals surface area contributed by atoms with Gasteiger partial charge in [-0.2, -0.15) is 0 Å². The molecule has 1 aliphatic rings. The second kappa shape index (κ2) is 5.41. The zero-order valence-electron chi connectivity index (χ0n) is 9.24. The molecule has 4 nitrogen and oxygen atoms in total. The van der Waals surface area contributed by atoms with E-state index in [1.807, 2.05) is 5.38 Å². The highest BCUT2D eigenvalue weighted by molar-refractivity contribution is 7.09. The molecule has 1 aromatic heterocycles. The molecule has 0 aliphatic heterocycles. The summed E-state index contributed by atoms with van der Waals surface area (Å²) in [5.41, 5.74) is 6.32. The zero-order chi connectivity index (χ0) is 11.4. The Bertz CT molecular complexity index is 360. The predicted octanol–water partition coefficient (Wildman–Crippen LogP) is 0.856. The number of aromatic nitrogens is 1. The average molecular weight is 239 g/mol. The molecular weight excluding hydrogens is 222 g/mol. The molecule has 0 spiro atoms. The van der Waals surface area contributed by atoms with Gasteiger partial charge in [-0.05, 0) is 25.8 Å². The number of rotatable bonds is 6. The van der Waals surface area contributed by atoms with Crippen LogP contribution in [0.3, 0.4) is 0 Å². The molecule has 1 aromatic rings. The molecule has 0 aromatic carbocycles. The van der Waals surface area contributed by atoms with Gasteiger partial charge in [0.25, 0.3) is 0 Å². The lowest BCUT2D eigenvalue weighted by atomic mass is 10.3. The first-order valence-electron chi connectivity index (χ1n) is 5.70. The Labute approximate surface area is 99.3 Å². The summed E-state index contributed by atoms with van der Waals surface area (Å²) < 4.78 is 0. The molecule has 0 bridgehead atoms. The number of nitrogens with one attached hydrogen (secondary N) is 1. The van der Waals surface area contributed by atoms with Crippen LogP contribution in [-0.2, 0) is 17.6 Å². The molecule has 0 atom stereocenters. The van der Waals surface area contributed by atoms with E-state index in [1.54, 1.807) is 11.3 Å². The van der Waals surface area contributed by atoms with Gasteiger partial charge in [0.1, 0.15) is 0 Å². The van der Waals surface area contributed by atoms with E-state index in [4.69, 9.17) is 5.73 Å². The number of amides is 1. The van der Waals surface area contributed by atoms with E-state index in [2.05, 4.69) is 10.3 Å². The van der Waals surface area contributed by atoms with Gasteiger partial charge in [0.15, 0.2) is 0 Å². The molecule has 3 N–H and O–H groups in total. The van der Waals surface area contributed by atoms with E-state index in [0.29, 0.717) is 19.0 Å². The van der Waals surface area contributed by atoms with E-state index >= 15 is 0 Å². The van der Waals surface area contributed by atoms with Crippen LogP contribution in [0.1, 0.15) is 30.0 Å². The fourth-order valence-electron chi connectivity index (χ4n) is 1.47. The Balaban J connectivity index is 1.79. The molecule has 0 unspecified atom stereocenters. The molecule has 5 heteroatoms. The first-order valence-corrected chi connectivity index (χ1v) is 6.58. The summed E-state index contributed by atoms with van der Waals surface area (Å²) in [6.07, 6.45) is 4.55. The van der Waals surface area contributed by atoms with Gasteiger partial charge in [0.2, 0.25) is 5.91 Å². The summed E-state index contributed by atoms with van der Waals surface area (Å²) in [5.74, 6) is 0.0955. The standard InChI is InChI=1S/C11H17N3OS/c12-5-1-2-11-14-9(7-16-11)6-10(15)13-8-3-4-8/h7-8H,1-6,12H2,(H,13,15). The van der Waals surface area contributed by atoms with Crippen LogP contribution in [-0.4, -0.2) is 23.5 Å². The maximum atomic E-state index is 11.5. The van der Waals surface area contributed by atoms with Crippen LogP contribution in [0.5, 0.6) is 0 Å². The first-order chi connectivity index (χ1) is 7.78. The van der Waals surface area contributed by atoms with Crippen molar-refractivity contribution in [3.05, 3.63) is 16.1 Å². The topological polar surface area (TPSA) is 68.0 Å². The van der Waals surface area contributed by atoms with Gasteiger partial charge in [-0.25, -0.2) is 4.98 Å². The molecular formula is C11H17N3OS. The van der Waals surface area contributed by atoms with E-state index in [9.17, 15) is 4.79 Å². The predicted molar refractivity (Wildman–Crippen MR) is 64.4 cm³/mol. The number of aryl methyl sites for hydroxylation is 1. The Hall–Kier alpha value is -0.940. The van der Waals surface area contributed by atoms with Gasteiger partial charge in [-0.1, -0.05) is 0 Å². The number of thiazole rings is 1. The van der Waals surface area contributed by atoms with Gasteiger partial charge in [0.05, 0.1) is 17.1 Å². The lowest BCUT2D eigenvalue weighted by Gasteiger charge is -1.99. The van der Waals surface area contributed by atoms with Gasteiger partial charge >= 0.3 is 0 Å². The third-order valence-corrected chi connectivity index (χ3v) is 3.44. The van der Waals surface area contributed by atoms with Crippen molar-refractivity contribution in [2.75, 3.05) is 6.54 Å². The van der Waals surface area contributed by atoms with Gasteiger partial charge in [0, 0.05) is 17.8 Å². The number of nitrogens with zero attached hydrogens (tertiary/aromatic N) is 1. The SMILES string of the molecule is NCCCc1nc(CC(=O)NC2CC2)cs1. The highest BCUT2D eigenvalue weighted by Gasteiger charge is 2.23. The molecule has 2 rings (SSSR count). The lowest BCUT2D eigenvalue weighted by Crippen LogP contribution is -2.27. The summed E-state index contributed by atoms with van der Waals surface area (Å²) in [7, 11) is 0. The Morgan fingerprint density at radius 1 is 1.62 bits per heavy atom. The smallest absolute Gasteiger partial charge is 0.226 e. The number of carbonyl (C=O) groups excluding carboxylic acids is 1. The fraction of sp³-hybridized carbons (Fsp3) is 0.636. The minimum atomic E-state index is 0.0955. The minimum absolute atomic E-state index is 0.0955. The van der Waals surface area contributed by atoms with Crippen molar-refractivity contribution in [1.82, 2.24) is 10.3 Å². The van der Waals surface area contributed by atoms with Crippen molar-refractivity contribution in [3.63, 3.8) is 0 Å². The van der Waals surface area contributed by atoms with Crippen molar-refractivity contribution >= 4 is 17.2 Å². The van der Waals surface area contributed by atoms with Crippen molar-refractivity contribution in [1.29, 1.82) is 0 Å². The monoisotopic (exact) mass is 239 g/mol. The Morgan fingerprint density at radius 2 is 2.44 bits per heavy atom. The number of nitrogens with two attached hydrogens (primary N) is 1. The highest BCUT2D eigenvalue weighted by Crippen LogP contribution is 2.19. The van der Waals surface area contributed by atoms with E-state index in [1.165, 1.54) is 0 Å². The molecule has 1 aliphatic carbocycles. The number of carbonyl (C=O) groups is 1. The molecule has 1 heterocycles. The van der Waals surface area contributed by atoms with Crippen LogP contribution in [0.2, 0.25) is 0 Å². The molecule has 1 fully saturated rings. The van der Waals surface area contributed by atoms with Crippen LogP contribution in [0.15, 0.2) is 5.38 Å².